The van der Waals surface area contributed by atoms with Crippen LogP contribution in [0.4, 0.5) is 0 Å². The highest BCUT2D eigenvalue weighted by Crippen LogP contribution is 2.21. The lowest BCUT2D eigenvalue weighted by Crippen LogP contribution is -2.35. The Balaban J connectivity index is 1.46. The molecule has 1 aromatic rings. The number of hydrogen-bond donors (Lipinski definition) is 2. The second-order valence-electron chi connectivity index (χ2n) is 6.90. The van der Waals surface area contributed by atoms with Crippen molar-refractivity contribution in [3.05, 3.63) is 53.9 Å². The van der Waals surface area contributed by atoms with Gasteiger partial charge in [0.25, 0.3) is 5.91 Å². The first kappa shape index (κ1) is 19.3. The van der Waals surface area contributed by atoms with Gasteiger partial charge in [-0.1, -0.05) is 25.5 Å². The maximum absolute atomic E-state index is 12.4. The molecule has 2 aliphatic heterocycles. The quantitative estimate of drug-likeness (QED) is 0.733. The van der Waals surface area contributed by atoms with Crippen molar-refractivity contribution in [2.45, 2.75) is 44.9 Å². The van der Waals surface area contributed by atoms with Crippen LogP contribution in [-0.4, -0.2) is 47.8 Å². The predicted molar refractivity (Wildman–Crippen MR) is 103 cm³/mol. The van der Waals surface area contributed by atoms with E-state index in [9.17, 15) is 4.79 Å². The number of benzene rings is 1. The molecule has 6 heteroatoms. The third-order valence-corrected chi connectivity index (χ3v) is 4.84. The molecule has 2 heterocycles. The molecule has 1 saturated heterocycles. The van der Waals surface area contributed by atoms with E-state index in [1.807, 2.05) is 18.4 Å². The normalized spacial score (nSPS) is 21.6. The highest BCUT2D eigenvalue weighted by Gasteiger charge is 2.29. The fourth-order valence-electron chi connectivity index (χ4n) is 3.32. The van der Waals surface area contributed by atoms with E-state index in [0.29, 0.717) is 18.8 Å². The molecule has 2 atom stereocenters. The topological polar surface area (TPSA) is 71.0 Å². The van der Waals surface area contributed by atoms with Gasteiger partial charge in [0.1, 0.15) is 17.6 Å². The van der Waals surface area contributed by atoms with E-state index in [-0.39, 0.29) is 31.3 Å². The summed E-state index contributed by atoms with van der Waals surface area (Å²) in [6.07, 6.45) is 8.87. The molecule has 0 aromatic heterocycles. The maximum Gasteiger partial charge on any atom is 0.260 e. The maximum atomic E-state index is 12.4. The zero-order valence-electron chi connectivity index (χ0n) is 15.8. The van der Waals surface area contributed by atoms with Gasteiger partial charge in [-0.05, 0) is 42.5 Å². The third-order valence-electron chi connectivity index (χ3n) is 4.84. The number of allylic oxidation sites excluding steroid dienone is 2. The molecule has 6 nitrogen and oxygen atoms in total. The Morgan fingerprint density at radius 3 is 2.89 bits per heavy atom. The second kappa shape index (κ2) is 9.46. The number of likely N-dealkylation sites (tertiary alicyclic amines) is 1. The Bertz CT molecular complexity index is 684. The van der Waals surface area contributed by atoms with Gasteiger partial charge in [-0.2, -0.15) is 0 Å². The van der Waals surface area contributed by atoms with Gasteiger partial charge in [0.15, 0.2) is 6.61 Å². The molecule has 2 N–H and O–H groups in total. The largest absolute Gasteiger partial charge is 0.491 e. The van der Waals surface area contributed by atoms with Crippen LogP contribution in [0.3, 0.4) is 0 Å². The van der Waals surface area contributed by atoms with Crippen LogP contribution >= 0.6 is 0 Å². The summed E-state index contributed by atoms with van der Waals surface area (Å²) in [5, 5.41) is 12.4. The number of aliphatic hydroxyl groups is 1. The number of rotatable bonds is 8. The average Bonchev–Trinajstić information content (AvgIpc) is 3.17. The van der Waals surface area contributed by atoms with E-state index in [2.05, 4.69) is 12.2 Å². The van der Waals surface area contributed by atoms with Crippen LogP contribution in [0, 0.1) is 0 Å². The number of hydrogen-bond acceptors (Lipinski definition) is 5. The van der Waals surface area contributed by atoms with Crippen LogP contribution in [0.25, 0.3) is 0 Å². The van der Waals surface area contributed by atoms with Crippen LogP contribution in [0.5, 0.6) is 5.75 Å². The van der Waals surface area contributed by atoms with Crippen molar-refractivity contribution in [1.82, 2.24) is 10.2 Å². The predicted octanol–water partition coefficient (Wildman–Crippen LogP) is 2.34. The number of amides is 1. The molecule has 0 aliphatic carbocycles. The lowest BCUT2D eigenvalue weighted by molar-refractivity contribution is -0.132. The van der Waals surface area contributed by atoms with E-state index < -0.39 is 0 Å². The van der Waals surface area contributed by atoms with E-state index in [1.165, 1.54) is 0 Å². The number of dihydropyridines is 1. The summed E-state index contributed by atoms with van der Waals surface area (Å²) in [7, 11) is 0. The van der Waals surface area contributed by atoms with Crippen LogP contribution < -0.4 is 10.1 Å². The first-order chi connectivity index (χ1) is 13.2. The fraction of sp³-hybridized carbons (Fsp3) is 0.476. The molecule has 1 aromatic carbocycles. The summed E-state index contributed by atoms with van der Waals surface area (Å²) < 4.78 is 11.7. The van der Waals surface area contributed by atoms with Crippen LogP contribution in [-0.2, 0) is 16.1 Å². The van der Waals surface area contributed by atoms with Crippen molar-refractivity contribution in [2.75, 3.05) is 19.7 Å². The molecule has 0 radical (unpaired) electrons. The monoisotopic (exact) mass is 372 g/mol. The molecule has 0 saturated carbocycles. The molecular weight excluding hydrogens is 344 g/mol. The van der Waals surface area contributed by atoms with Crippen molar-refractivity contribution in [3.8, 4) is 5.75 Å². The smallest absolute Gasteiger partial charge is 0.260 e. The van der Waals surface area contributed by atoms with Crippen LogP contribution in [0.15, 0.2) is 48.4 Å². The number of nitrogens with one attached hydrogen (secondary N) is 1. The molecule has 0 spiro atoms. The molecule has 1 amide bonds. The van der Waals surface area contributed by atoms with E-state index in [4.69, 9.17) is 14.6 Å². The molecule has 3 rings (SSSR count). The highest BCUT2D eigenvalue weighted by atomic mass is 16.5. The Hall–Kier alpha value is -2.47. The first-order valence-electron chi connectivity index (χ1n) is 9.59. The highest BCUT2D eigenvalue weighted by molar-refractivity contribution is 5.78. The zero-order chi connectivity index (χ0) is 19.1. The summed E-state index contributed by atoms with van der Waals surface area (Å²) in [5.74, 6) is 1.55. The average molecular weight is 372 g/mol. The van der Waals surface area contributed by atoms with Crippen molar-refractivity contribution in [3.63, 3.8) is 0 Å². The lowest BCUT2D eigenvalue weighted by atomic mass is 10.1. The van der Waals surface area contributed by atoms with Gasteiger partial charge >= 0.3 is 0 Å². The van der Waals surface area contributed by atoms with E-state index >= 15 is 0 Å². The number of nitrogens with zero attached hydrogens (tertiary/aromatic N) is 1. The summed E-state index contributed by atoms with van der Waals surface area (Å²) in [5.41, 5.74) is 0.816. The third kappa shape index (κ3) is 5.26. The Kier molecular flexibility index (Phi) is 6.76. The number of carbonyl (C=O) groups is 1. The summed E-state index contributed by atoms with van der Waals surface area (Å²) in [4.78, 5) is 14.2. The lowest BCUT2D eigenvalue weighted by Gasteiger charge is -2.26. The fourth-order valence-corrected chi connectivity index (χ4v) is 3.32. The van der Waals surface area contributed by atoms with Crippen molar-refractivity contribution in [2.24, 2.45) is 0 Å². The van der Waals surface area contributed by atoms with Gasteiger partial charge in [-0.15, -0.1) is 0 Å². The second-order valence-corrected chi connectivity index (χ2v) is 6.90. The number of ether oxygens (including phenoxy) is 2. The molecular formula is C21H28N2O4. The summed E-state index contributed by atoms with van der Waals surface area (Å²) in [6.45, 7) is 3.44. The standard InChI is InChI=1S/C21H28N2O4/c1-2-4-19-20(5-3-11-22-19)27-18-10-12-23(13-18)21(25)15-26-17-8-6-16(14-24)7-9-17/h3,5-9,11,18-19,22,24H,2,4,10,12-15H2,1H3. The Morgan fingerprint density at radius 1 is 1.33 bits per heavy atom. The SMILES string of the molecule is CCCC1NC=CC=C1OC1CCN(C(=O)COc2ccc(CO)cc2)C1. The van der Waals surface area contributed by atoms with E-state index in [0.717, 1.165) is 30.6 Å². The minimum Gasteiger partial charge on any atom is -0.491 e. The summed E-state index contributed by atoms with van der Waals surface area (Å²) in [6, 6.07) is 7.31. The van der Waals surface area contributed by atoms with Crippen molar-refractivity contribution in [1.29, 1.82) is 0 Å². The van der Waals surface area contributed by atoms with Crippen molar-refractivity contribution >= 4 is 5.91 Å². The molecule has 2 aliphatic rings. The van der Waals surface area contributed by atoms with Gasteiger partial charge in [0.05, 0.1) is 19.2 Å². The van der Waals surface area contributed by atoms with Gasteiger partial charge in [0, 0.05) is 13.0 Å². The minimum absolute atomic E-state index is 0.00473. The van der Waals surface area contributed by atoms with Crippen LogP contribution in [0.1, 0.15) is 31.7 Å². The van der Waals surface area contributed by atoms with Gasteiger partial charge in [0.2, 0.25) is 0 Å². The molecule has 2 unspecified atom stereocenters. The Morgan fingerprint density at radius 2 is 2.15 bits per heavy atom. The molecule has 146 valence electrons. The Labute approximate surface area is 160 Å². The van der Waals surface area contributed by atoms with E-state index in [1.54, 1.807) is 29.2 Å². The van der Waals surface area contributed by atoms with Gasteiger partial charge < -0.3 is 24.8 Å². The zero-order valence-corrected chi connectivity index (χ0v) is 15.8. The van der Waals surface area contributed by atoms with Gasteiger partial charge in [-0.3, -0.25) is 4.79 Å². The molecule has 0 bridgehead atoms. The summed E-state index contributed by atoms with van der Waals surface area (Å²) >= 11 is 0. The molecule has 1 fully saturated rings. The first-order valence-corrected chi connectivity index (χ1v) is 9.59. The van der Waals surface area contributed by atoms with Crippen LogP contribution in [0.2, 0.25) is 0 Å². The number of carbonyl (C=O) groups excluding carboxylic acids is 1. The minimum atomic E-state index is -0.0342. The number of aliphatic hydroxyl groups excluding tert-OH is 1. The van der Waals surface area contributed by atoms with Crippen molar-refractivity contribution < 1.29 is 19.4 Å². The molecule has 27 heavy (non-hydrogen) atoms. The van der Waals surface area contributed by atoms with Gasteiger partial charge in [-0.25, -0.2) is 0 Å².